The quantitative estimate of drug-likeness (QED) is 0.230. The number of nitrogen functional groups attached to an aromatic ring is 1. The van der Waals surface area contributed by atoms with Gasteiger partial charge in [0.15, 0.2) is 0 Å². The van der Waals surface area contributed by atoms with E-state index in [9.17, 15) is 18.3 Å². The van der Waals surface area contributed by atoms with E-state index >= 15 is 0 Å². The Morgan fingerprint density at radius 1 is 1.00 bits per heavy atom. The van der Waals surface area contributed by atoms with Gasteiger partial charge in [-0.05, 0) is 73.3 Å². The van der Waals surface area contributed by atoms with Crippen LogP contribution in [0.4, 0.5) is 5.69 Å². The molecule has 0 spiro atoms. The molecule has 5 N–H and O–H groups in total. The van der Waals surface area contributed by atoms with Crippen molar-refractivity contribution in [3.05, 3.63) is 83.4 Å². The molecule has 8 nitrogen and oxygen atoms in total. The second-order valence-electron chi connectivity index (χ2n) is 8.91. The summed E-state index contributed by atoms with van der Waals surface area (Å²) in [6.45, 7) is 4.83. The Labute approximate surface area is 212 Å². The molecule has 0 fully saturated rings. The lowest BCUT2D eigenvalue weighted by Gasteiger charge is -2.16. The topological polar surface area (TPSA) is 131 Å². The van der Waals surface area contributed by atoms with Crippen molar-refractivity contribution in [2.75, 3.05) is 25.1 Å². The first-order chi connectivity index (χ1) is 17.0. The Bertz CT molecular complexity index is 1270. The minimum Gasteiger partial charge on any atom is -0.490 e. The summed E-state index contributed by atoms with van der Waals surface area (Å²) in [4.78, 5) is 12.4. The molecule has 0 unspecified atom stereocenters. The van der Waals surface area contributed by atoms with E-state index < -0.39 is 22.0 Å². The number of carbonyl (C=O) groups is 1. The molecule has 9 heteroatoms. The van der Waals surface area contributed by atoms with Crippen molar-refractivity contribution in [3.8, 4) is 16.9 Å². The second-order valence-corrected chi connectivity index (χ2v) is 10.7. The standard InChI is InChI=1S/C27H33N3O5S/c1-18(2)35-26-16-22(10-13-24(26)27(32)30-36(3,33)34)20-6-4-19(5-7-20)14-15-29-17-25(31)21-8-11-23(28)12-9-21/h4-13,16,18,25,29,31H,14-15,17,28H2,1-3H3,(H,30,32)/t25-/m1/s1. The van der Waals surface area contributed by atoms with Gasteiger partial charge in [0.1, 0.15) is 5.75 Å². The maximum absolute atomic E-state index is 12.4. The van der Waals surface area contributed by atoms with Crippen LogP contribution in [0.3, 0.4) is 0 Å². The Morgan fingerprint density at radius 2 is 1.64 bits per heavy atom. The number of amides is 1. The van der Waals surface area contributed by atoms with Crippen molar-refractivity contribution in [1.82, 2.24) is 10.0 Å². The normalized spacial score (nSPS) is 12.4. The third-order valence-corrected chi connectivity index (χ3v) is 5.96. The number of rotatable bonds is 11. The van der Waals surface area contributed by atoms with Gasteiger partial charge < -0.3 is 20.9 Å². The number of aliphatic hydroxyl groups is 1. The van der Waals surface area contributed by atoms with E-state index in [2.05, 4.69) is 5.32 Å². The number of nitrogens with one attached hydrogen (secondary N) is 2. The summed E-state index contributed by atoms with van der Waals surface area (Å²) in [5.41, 5.74) is 10.2. The van der Waals surface area contributed by atoms with Gasteiger partial charge in [0, 0.05) is 12.2 Å². The molecule has 0 radical (unpaired) electrons. The second kappa shape index (κ2) is 12.0. The van der Waals surface area contributed by atoms with Crippen LogP contribution >= 0.6 is 0 Å². The highest BCUT2D eigenvalue weighted by Gasteiger charge is 2.18. The first-order valence-corrected chi connectivity index (χ1v) is 13.6. The van der Waals surface area contributed by atoms with Crippen molar-refractivity contribution in [2.45, 2.75) is 32.5 Å². The molecule has 0 heterocycles. The zero-order valence-electron chi connectivity index (χ0n) is 20.7. The van der Waals surface area contributed by atoms with Crippen molar-refractivity contribution in [1.29, 1.82) is 0 Å². The van der Waals surface area contributed by atoms with E-state index in [-0.39, 0.29) is 11.7 Å². The van der Waals surface area contributed by atoms with Gasteiger partial charge in [0.25, 0.3) is 5.91 Å². The molecular weight excluding hydrogens is 478 g/mol. The van der Waals surface area contributed by atoms with Gasteiger partial charge in [0.2, 0.25) is 10.0 Å². The first kappa shape index (κ1) is 27.2. The van der Waals surface area contributed by atoms with Crippen molar-refractivity contribution in [2.24, 2.45) is 0 Å². The third-order valence-electron chi connectivity index (χ3n) is 5.40. The fourth-order valence-electron chi connectivity index (χ4n) is 3.64. The lowest BCUT2D eigenvalue weighted by Crippen LogP contribution is -2.30. The van der Waals surface area contributed by atoms with Crippen LogP contribution in [0.25, 0.3) is 11.1 Å². The van der Waals surface area contributed by atoms with Crippen LogP contribution in [0.1, 0.15) is 41.4 Å². The van der Waals surface area contributed by atoms with Gasteiger partial charge in [-0.3, -0.25) is 4.79 Å². The average molecular weight is 512 g/mol. The Morgan fingerprint density at radius 3 is 2.25 bits per heavy atom. The number of nitrogens with two attached hydrogens (primary N) is 1. The summed E-state index contributed by atoms with van der Waals surface area (Å²) in [6.07, 6.45) is 0.929. The number of aliphatic hydroxyl groups excluding tert-OH is 1. The van der Waals surface area contributed by atoms with Crippen LogP contribution in [-0.2, 0) is 16.4 Å². The molecular formula is C27H33N3O5S. The number of benzene rings is 3. The Kier molecular flexibility index (Phi) is 9.08. The highest BCUT2D eigenvalue weighted by Crippen LogP contribution is 2.29. The van der Waals surface area contributed by atoms with Gasteiger partial charge in [-0.15, -0.1) is 0 Å². The monoisotopic (exact) mass is 511 g/mol. The smallest absolute Gasteiger partial charge is 0.268 e. The number of ether oxygens (including phenoxy) is 1. The van der Waals surface area contributed by atoms with E-state index in [0.717, 1.165) is 34.9 Å². The molecule has 3 aromatic rings. The molecule has 0 aliphatic heterocycles. The third kappa shape index (κ3) is 8.08. The summed E-state index contributed by atoms with van der Waals surface area (Å²) in [6, 6.07) is 20.3. The van der Waals surface area contributed by atoms with Crippen LogP contribution in [0.2, 0.25) is 0 Å². The summed E-state index contributed by atoms with van der Waals surface area (Å²) >= 11 is 0. The number of hydrogen-bond donors (Lipinski definition) is 4. The van der Waals surface area contributed by atoms with E-state index in [0.29, 0.717) is 24.5 Å². The fraction of sp³-hybridized carbons (Fsp3) is 0.296. The number of carbonyl (C=O) groups excluding carboxylic acids is 1. The Balaban J connectivity index is 1.62. The molecule has 1 atom stereocenters. The van der Waals surface area contributed by atoms with Crippen LogP contribution in [0.15, 0.2) is 66.7 Å². The zero-order chi connectivity index (χ0) is 26.3. The summed E-state index contributed by atoms with van der Waals surface area (Å²) in [7, 11) is -3.69. The molecule has 0 aliphatic carbocycles. The van der Waals surface area contributed by atoms with Gasteiger partial charge >= 0.3 is 0 Å². The summed E-state index contributed by atoms with van der Waals surface area (Å²) in [5, 5.41) is 13.6. The fourth-order valence-corrected chi connectivity index (χ4v) is 4.08. The van der Waals surface area contributed by atoms with Crippen LogP contribution in [-0.4, -0.2) is 44.9 Å². The number of sulfonamides is 1. The molecule has 3 aromatic carbocycles. The molecule has 0 aliphatic rings. The molecule has 0 saturated heterocycles. The van der Waals surface area contributed by atoms with Crippen LogP contribution < -0.4 is 20.5 Å². The van der Waals surface area contributed by atoms with Gasteiger partial charge in [-0.25, -0.2) is 13.1 Å². The highest BCUT2D eigenvalue weighted by atomic mass is 32.2. The number of hydrogen-bond acceptors (Lipinski definition) is 7. The number of anilines is 1. The minimum atomic E-state index is -3.69. The maximum Gasteiger partial charge on any atom is 0.268 e. The molecule has 192 valence electrons. The summed E-state index contributed by atoms with van der Waals surface area (Å²) in [5.74, 6) is -0.416. The molecule has 0 saturated carbocycles. The summed E-state index contributed by atoms with van der Waals surface area (Å²) < 4.78 is 30.7. The molecule has 0 bridgehead atoms. The van der Waals surface area contributed by atoms with E-state index in [1.54, 1.807) is 30.3 Å². The molecule has 0 aromatic heterocycles. The SMILES string of the molecule is CC(C)Oc1cc(-c2ccc(CCNC[C@@H](O)c3ccc(N)cc3)cc2)ccc1C(=O)NS(C)(=O)=O. The highest BCUT2D eigenvalue weighted by molar-refractivity contribution is 7.89. The van der Waals surface area contributed by atoms with E-state index in [1.165, 1.54) is 0 Å². The predicted octanol–water partition coefficient (Wildman–Crippen LogP) is 3.28. The van der Waals surface area contributed by atoms with Gasteiger partial charge in [0.05, 0.1) is 24.0 Å². The van der Waals surface area contributed by atoms with Crippen molar-refractivity contribution < 1.29 is 23.1 Å². The lowest BCUT2D eigenvalue weighted by atomic mass is 10.0. The molecule has 36 heavy (non-hydrogen) atoms. The van der Waals surface area contributed by atoms with Crippen molar-refractivity contribution >= 4 is 21.6 Å². The molecule has 1 amide bonds. The lowest BCUT2D eigenvalue weighted by molar-refractivity contribution is 0.0976. The zero-order valence-corrected chi connectivity index (χ0v) is 21.5. The minimum absolute atomic E-state index is 0.154. The van der Waals surface area contributed by atoms with Gasteiger partial charge in [-0.2, -0.15) is 0 Å². The van der Waals surface area contributed by atoms with Crippen LogP contribution in [0.5, 0.6) is 5.75 Å². The van der Waals surface area contributed by atoms with Crippen molar-refractivity contribution in [3.63, 3.8) is 0 Å². The average Bonchev–Trinajstić information content (AvgIpc) is 2.81. The Hall–Kier alpha value is -3.40. The largest absolute Gasteiger partial charge is 0.490 e. The van der Waals surface area contributed by atoms with E-state index in [1.807, 2.05) is 55.0 Å². The molecule has 3 rings (SSSR count). The predicted molar refractivity (Wildman–Crippen MR) is 142 cm³/mol. The maximum atomic E-state index is 12.4. The van der Waals surface area contributed by atoms with Gasteiger partial charge in [-0.1, -0.05) is 42.5 Å². The first-order valence-electron chi connectivity index (χ1n) is 11.7. The van der Waals surface area contributed by atoms with E-state index in [4.69, 9.17) is 10.5 Å². The van der Waals surface area contributed by atoms with Crippen LogP contribution in [0, 0.1) is 0 Å².